The molecule has 1 aliphatic heterocycles. The van der Waals surface area contributed by atoms with Crippen LogP contribution in [0.1, 0.15) is 17.5 Å². The second-order valence-electron chi connectivity index (χ2n) is 8.38. The number of ether oxygens (including phenoxy) is 1. The van der Waals surface area contributed by atoms with Crippen LogP contribution in [-0.4, -0.2) is 36.5 Å². The third-order valence-electron chi connectivity index (χ3n) is 6.04. The number of carbonyl (C=O) groups is 2. The second-order valence-corrected chi connectivity index (χ2v) is 9.41. The summed E-state index contributed by atoms with van der Waals surface area (Å²) in [6.45, 7) is 2.65. The molecular weight excluding hydrogens is 446 g/mol. The monoisotopic (exact) mass is 471 g/mol. The smallest absolute Gasteiger partial charge is 0.251 e. The number of thiazole rings is 1. The van der Waals surface area contributed by atoms with Crippen molar-refractivity contribution in [3.63, 3.8) is 0 Å². The minimum absolute atomic E-state index is 0.156. The lowest BCUT2D eigenvalue weighted by Gasteiger charge is -2.16. The maximum Gasteiger partial charge on any atom is 0.251 e. The van der Waals surface area contributed by atoms with Gasteiger partial charge in [-0.15, -0.1) is 11.3 Å². The molecule has 34 heavy (non-hydrogen) atoms. The molecule has 172 valence electrons. The minimum atomic E-state index is -0.519. The number of aromatic nitrogens is 1. The summed E-state index contributed by atoms with van der Waals surface area (Å²) < 4.78 is 6.53. The highest BCUT2D eigenvalue weighted by Crippen LogP contribution is 2.32. The molecule has 0 radical (unpaired) electrons. The first-order valence-corrected chi connectivity index (χ1v) is 12.0. The van der Waals surface area contributed by atoms with E-state index in [0.29, 0.717) is 18.7 Å². The average Bonchev–Trinajstić information content (AvgIpc) is 3.39. The largest absolute Gasteiger partial charge is 0.496 e. The summed E-state index contributed by atoms with van der Waals surface area (Å²) in [4.78, 5) is 31.7. The van der Waals surface area contributed by atoms with Crippen LogP contribution < -0.4 is 15.0 Å². The van der Waals surface area contributed by atoms with Gasteiger partial charge < -0.3 is 10.1 Å². The fourth-order valence-electron chi connectivity index (χ4n) is 4.26. The zero-order valence-electron chi connectivity index (χ0n) is 19.1. The fourth-order valence-corrected chi connectivity index (χ4v) is 5.33. The summed E-state index contributed by atoms with van der Waals surface area (Å²) >= 11 is 1.64. The van der Waals surface area contributed by atoms with Crippen LogP contribution >= 0.6 is 11.3 Å². The van der Waals surface area contributed by atoms with Crippen molar-refractivity contribution < 1.29 is 14.3 Å². The number of nitrogens with one attached hydrogen (secondary N) is 1. The van der Waals surface area contributed by atoms with Crippen LogP contribution in [-0.2, 0) is 16.0 Å². The minimum Gasteiger partial charge on any atom is -0.496 e. The molecule has 0 bridgehead atoms. The molecule has 3 aromatic carbocycles. The Labute approximate surface area is 202 Å². The van der Waals surface area contributed by atoms with E-state index in [0.717, 1.165) is 32.1 Å². The first kappa shape index (κ1) is 22.3. The molecule has 0 saturated carbocycles. The van der Waals surface area contributed by atoms with E-state index in [1.54, 1.807) is 18.4 Å². The number of rotatable bonds is 7. The third-order valence-corrected chi connectivity index (χ3v) is 7.11. The van der Waals surface area contributed by atoms with Crippen molar-refractivity contribution >= 4 is 39.1 Å². The van der Waals surface area contributed by atoms with Crippen LogP contribution in [0, 0.1) is 6.92 Å². The molecule has 4 aromatic rings. The maximum absolute atomic E-state index is 13.0. The second kappa shape index (κ2) is 9.37. The van der Waals surface area contributed by atoms with Crippen LogP contribution in [0.4, 0.5) is 5.69 Å². The van der Waals surface area contributed by atoms with Crippen molar-refractivity contribution in [3.8, 4) is 16.3 Å². The molecule has 2 amide bonds. The Morgan fingerprint density at radius 2 is 1.88 bits per heavy atom. The number of benzene rings is 3. The lowest BCUT2D eigenvalue weighted by atomic mass is 10.1. The summed E-state index contributed by atoms with van der Waals surface area (Å²) in [6.07, 6.45) is 0.863. The molecule has 1 fully saturated rings. The highest BCUT2D eigenvalue weighted by Gasteiger charge is 2.39. The SMILES string of the molecule is COc1ccccc1CCN[C@@H]1CC(=O)N(c2ccc(-c3nc4ccc(C)cc4s3)cc2)C1=O. The fraction of sp³-hybridized carbons (Fsp3) is 0.222. The van der Waals surface area contributed by atoms with Gasteiger partial charge in [-0.2, -0.15) is 0 Å². The molecule has 2 heterocycles. The maximum atomic E-state index is 13.0. The number of amides is 2. The van der Waals surface area contributed by atoms with Gasteiger partial charge in [0.15, 0.2) is 0 Å². The standard InChI is InChI=1S/C27H25N3O3S/c1-17-7-12-21-24(15-17)34-26(29-21)19-8-10-20(11-9-19)30-25(31)16-22(27(30)32)28-14-13-18-5-3-4-6-23(18)33-2/h3-12,15,22,28H,13-14,16H2,1-2H3/t22-/m1/s1. The van der Waals surface area contributed by atoms with Crippen molar-refractivity contribution in [2.75, 3.05) is 18.6 Å². The molecule has 7 heteroatoms. The van der Waals surface area contributed by atoms with Crippen molar-refractivity contribution in [2.24, 2.45) is 0 Å². The number of aryl methyl sites for hydroxylation is 1. The summed E-state index contributed by atoms with van der Waals surface area (Å²) in [6, 6.07) is 21.0. The van der Waals surface area contributed by atoms with Gasteiger partial charge in [0.1, 0.15) is 10.8 Å². The van der Waals surface area contributed by atoms with Crippen molar-refractivity contribution in [1.82, 2.24) is 10.3 Å². The van der Waals surface area contributed by atoms with Crippen LogP contribution in [0.5, 0.6) is 5.75 Å². The number of fused-ring (bicyclic) bond motifs is 1. The normalized spacial score (nSPS) is 15.9. The number of carbonyl (C=O) groups excluding carboxylic acids is 2. The number of anilines is 1. The number of nitrogens with zero attached hydrogens (tertiary/aromatic N) is 2. The topological polar surface area (TPSA) is 71.5 Å². The van der Waals surface area contributed by atoms with Crippen LogP contribution in [0.15, 0.2) is 66.7 Å². The van der Waals surface area contributed by atoms with E-state index >= 15 is 0 Å². The first-order chi connectivity index (χ1) is 16.5. The van der Waals surface area contributed by atoms with Crippen molar-refractivity contribution in [2.45, 2.75) is 25.8 Å². The Morgan fingerprint density at radius 3 is 2.68 bits per heavy atom. The average molecular weight is 472 g/mol. The summed E-state index contributed by atoms with van der Waals surface area (Å²) in [7, 11) is 1.65. The quantitative estimate of drug-likeness (QED) is 0.394. The zero-order valence-corrected chi connectivity index (χ0v) is 19.9. The molecule has 6 nitrogen and oxygen atoms in total. The molecule has 0 unspecified atom stereocenters. The van der Waals surface area contributed by atoms with Gasteiger partial charge in [0.2, 0.25) is 5.91 Å². The van der Waals surface area contributed by atoms with Gasteiger partial charge in [-0.25, -0.2) is 9.88 Å². The Bertz CT molecular complexity index is 1360. The van der Waals surface area contributed by atoms with E-state index in [-0.39, 0.29) is 18.2 Å². The van der Waals surface area contributed by atoms with E-state index in [9.17, 15) is 9.59 Å². The lowest BCUT2D eigenvalue weighted by Crippen LogP contribution is -2.39. The molecule has 5 rings (SSSR count). The Hall–Kier alpha value is -3.55. The Kier molecular flexibility index (Phi) is 6.13. The number of hydrogen-bond donors (Lipinski definition) is 1. The predicted molar refractivity (Wildman–Crippen MR) is 135 cm³/mol. The molecule has 1 aliphatic rings. The van der Waals surface area contributed by atoms with E-state index in [4.69, 9.17) is 9.72 Å². The summed E-state index contributed by atoms with van der Waals surface area (Å²) in [5.74, 6) is 0.416. The van der Waals surface area contributed by atoms with E-state index in [1.807, 2.05) is 54.6 Å². The zero-order chi connectivity index (χ0) is 23.7. The van der Waals surface area contributed by atoms with Gasteiger partial charge in [0.05, 0.1) is 35.5 Å². The van der Waals surface area contributed by atoms with Crippen LogP contribution in [0.25, 0.3) is 20.8 Å². The van der Waals surface area contributed by atoms with Gasteiger partial charge >= 0.3 is 0 Å². The molecule has 1 atom stereocenters. The van der Waals surface area contributed by atoms with Gasteiger partial charge in [0.25, 0.3) is 5.91 Å². The Morgan fingerprint density at radius 1 is 1.09 bits per heavy atom. The molecular formula is C27H25N3O3S. The van der Waals surface area contributed by atoms with Gasteiger partial charge in [-0.3, -0.25) is 9.59 Å². The highest BCUT2D eigenvalue weighted by atomic mass is 32.1. The number of hydrogen-bond acceptors (Lipinski definition) is 6. The highest BCUT2D eigenvalue weighted by molar-refractivity contribution is 7.21. The third kappa shape index (κ3) is 4.32. The first-order valence-electron chi connectivity index (χ1n) is 11.2. The van der Waals surface area contributed by atoms with E-state index < -0.39 is 6.04 Å². The molecule has 0 spiro atoms. The lowest BCUT2D eigenvalue weighted by molar-refractivity contribution is -0.121. The van der Waals surface area contributed by atoms with Crippen LogP contribution in [0.2, 0.25) is 0 Å². The predicted octanol–water partition coefficient (Wildman–Crippen LogP) is 4.74. The number of methoxy groups -OCH3 is 1. The van der Waals surface area contributed by atoms with Gasteiger partial charge in [-0.05, 0) is 66.9 Å². The van der Waals surface area contributed by atoms with Gasteiger partial charge in [-0.1, -0.05) is 24.3 Å². The summed E-state index contributed by atoms with van der Waals surface area (Å²) in [5.41, 5.74) is 4.79. The van der Waals surface area contributed by atoms with E-state index in [2.05, 4.69) is 24.4 Å². The number of para-hydroxylation sites is 1. The number of imide groups is 1. The van der Waals surface area contributed by atoms with E-state index in [1.165, 1.54) is 10.5 Å². The molecule has 1 N–H and O–H groups in total. The van der Waals surface area contributed by atoms with Crippen molar-refractivity contribution in [1.29, 1.82) is 0 Å². The molecule has 1 saturated heterocycles. The molecule has 0 aliphatic carbocycles. The van der Waals surface area contributed by atoms with Crippen molar-refractivity contribution in [3.05, 3.63) is 77.9 Å². The molecule has 1 aromatic heterocycles. The Balaban J connectivity index is 1.26. The van der Waals surface area contributed by atoms with Crippen LogP contribution in [0.3, 0.4) is 0 Å². The van der Waals surface area contributed by atoms with Gasteiger partial charge in [0, 0.05) is 12.1 Å². The summed E-state index contributed by atoms with van der Waals surface area (Å²) in [5, 5.41) is 4.16.